The summed E-state index contributed by atoms with van der Waals surface area (Å²) in [7, 11) is 0. The Morgan fingerprint density at radius 1 is 0.923 bits per heavy atom. The van der Waals surface area contributed by atoms with Gasteiger partial charge in [0.25, 0.3) is 0 Å². The average molecular weight is 392 g/mol. The van der Waals surface area contributed by atoms with Gasteiger partial charge in [-0.05, 0) is 19.8 Å². The molecule has 0 saturated heterocycles. The SMILES string of the molecule is CC(NC(=O)C(NC(=O)C(NC(=O)C(N)CS)C(C)C)C(C)O)C(=O)O. The number of hydrogen-bond donors (Lipinski definition) is 7. The van der Waals surface area contributed by atoms with Crippen LogP contribution >= 0.6 is 12.6 Å². The van der Waals surface area contributed by atoms with Crippen LogP contribution in [0.4, 0.5) is 0 Å². The number of carboxylic acid groups (broad SMARTS) is 1. The number of nitrogens with one attached hydrogen (secondary N) is 3. The summed E-state index contributed by atoms with van der Waals surface area (Å²) in [4.78, 5) is 47.4. The third-order valence-corrected chi connectivity index (χ3v) is 3.97. The highest BCUT2D eigenvalue weighted by Crippen LogP contribution is 2.05. The summed E-state index contributed by atoms with van der Waals surface area (Å²) in [6, 6.07) is -4.49. The molecule has 10 nitrogen and oxygen atoms in total. The van der Waals surface area contributed by atoms with Crippen molar-refractivity contribution in [3.63, 3.8) is 0 Å². The van der Waals surface area contributed by atoms with Crippen LogP contribution in [0.2, 0.25) is 0 Å². The first-order chi connectivity index (χ1) is 11.9. The zero-order chi connectivity index (χ0) is 20.6. The number of amides is 3. The third-order valence-electron chi connectivity index (χ3n) is 3.57. The maximum atomic E-state index is 12.5. The van der Waals surface area contributed by atoms with E-state index in [0.717, 1.165) is 0 Å². The van der Waals surface area contributed by atoms with Crippen molar-refractivity contribution in [1.29, 1.82) is 0 Å². The van der Waals surface area contributed by atoms with Gasteiger partial charge in [-0.3, -0.25) is 19.2 Å². The molecule has 0 aromatic rings. The maximum Gasteiger partial charge on any atom is 0.325 e. The number of carbonyl (C=O) groups excluding carboxylic acids is 3. The van der Waals surface area contributed by atoms with Gasteiger partial charge in [-0.2, -0.15) is 12.6 Å². The molecule has 0 rings (SSSR count). The van der Waals surface area contributed by atoms with E-state index in [1.807, 2.05) is 0 Å². The lowest BCUT2D eigenvalue weighted by Gasteiger charge is -2.27. The van der Waals surface area contributed by atoms with E-state index in [-0.39, 0.29) is 11.7 Å². The van der Waals surface area contributed by atoms with Gasteiger partial charge in [0.2, 0.25) is 17.7 Å². The smallest absolute Gasteiger partial charge is 0.325 e. The number of rotatable bonds is 10. The second-order valence-electron chi connectivity index (χ2n) is 6.31. The lowest BCUT2D eigenvalue weighted by molar-refractivity contribution is -0.142. The minimum Gasteiger partial charge on any atom is -0.480 e. The van der Waals surface area contributed by atoms with Crippen LogP contribution in [0.5, 0.6) is 0 Å². The minimum absolute atomic E-state index is 0.0874. The van der Waals surface area contributed by atoms with Crippen molar-refractivity contribution in [3.05, 3.63) is 0 Å². The summed E-state index contributed by atoms with van der Waals surface area (Å²) in [5.74, 6) is -3.65. The van der Waals surface area contributed by atoms with Crippen molar-refractivity contribution in [1.82, 2.24) is 16.0 Å². The number of thiol groups is 1. The fraction of sp³-hybridized carbons (Fsp3) is 0.733. The Morgan fingerprint density at radius 3 is 1.77 bits per heavy atom. The van der Waals surface area contributed by atoms with Gasteiger partial charge in [0.05, 0.1) is 12.1 Å². The zero-order valence-corrected chi connectivity index (χ0v) is 16.1. The van der Waals surface area contributed by atoms with E-state index in [2.05, 4.69) is 28.6 Å². The lowest BCUT2D eigenvalue weighted by atomic mass is 10.0. The Morgan fingerprint density at radius 2 is 1.38 bits per heavy atom. The molecule has 0 aliphatic rings. The van der Waals surface area contributed by atoms with Gasteiger partial charge in [0.1, 0.15) is 18.1 Å². The van der Waals surface area contributed by atoms with E-state index in [1.54, 1.807) is 13.8 Å². The van der Waals surface area contributed by atoms with Crippen molar-refractivity contribution in [3.8, 4) is 0 Å². The number of aliphatic carboxylic acids is 1. The number of carboxylic acids is 1. The molecule has 0 fully saturated rings. The Kier molecular flexibility index (Phi) is 10.2. The molecule has 0 aromatic heterocycles. The highest BCUT2D eigenvalue weighted by atomic mass is 32.1. The highest BCUT2D eigenvalue weighted by Gasteiger charge is 2.32. The van der Waals surface area contributed by atoms with Crippen molar-refractivity contribution >= 4 is 36.3 Å². The van der Waals surface area contributed by atoms with Crippen LogP contribution in [-0.2, 0) is 19.2 Å². The van der Waals surface area contributed by atoms with Crippen LogP contribution in [0.3, 0.4) is 0 Å². The molecule has 0 aliphatic carbocycles. The summed E-state index contributed by atoms with van der Waals surface area (Å²) in [5.41, 5.74) is 5.57. The van der Waals surface area contributed by atoms with Crippen LogP contribution < -0.4 is 21.7 Å². The second kappa shape index (κ2) is 11.0. The molecule has 26 heavy (non-hydrogen) atoms. The quantitative estimate of drug-likeness (QED) is 0.207. The molecule has 0 saturated carbocycles. The number of aliphatic hydroxyl groups excluding tert-OH is 1. The normalized spacial score (nSPS) is 16.8. The van der Waals surface area contributed by atoms with E-state index in [0.29, 0.717) is 0 Å². The van der Waals surface area contributed by atoms with Crippen LogP contribution in [0.25, 0.3) is 0 Å². The summed E-state index contributed by atoms with van der Waals surface area (Å²) in [5, 5.41) is 25.6. The van der Waals surface area contributed by atoms with Crippen molar-refractivity contribution in [2.75, 3.05) is 5.75 Å². The summed E-state index contributed by atoms with van der Waals surface area (Å²) in [6.45, 7) is 5.88. The van der Waals surface area contributed by atoms with E-state index in [4.69, 9.17) is 10.8 Å². The molecule has 0 aromatic carbocycles. The maximum absolute atomic E-state index is 12.5. The molecule has 0 bridgehead atoms. The summed E-state index contributed by atoms with van der Waals surface area (Å²) in [6.07, 6.45) is -1.29. The topological polar surface area (TPSA) is 171 Å². The summed E-state index contributed by atoms with van der Waals surface area (Å²) >= 11 is 3.92. The van der Waals surface area contributed by atoms with E-state index in [9.17, 15) is 24.3 Å². The molecule has 5 unspecified atom stereocenters. The van der Waals surface area contributed by atoms with Crippen LogP contribution in [0.1, 0.15) is 27.7 Å². The van der Waals surface area contributed by atoms with Gasteiger partial charge in [0.15, 0.2) is 0 Å². The molecule has 11 heteroatoms. The van der Waals surface area contributed by atoms with E-state index < -0.39 is 54.0 Å². The highest BCUT2D eigenvalue weighted by molar-refractivity contribution is 7.80. The standard InChI is InChI=1S/C15H28N4O6S/c1-6(2)10(18-12(21)9(16)5-26)13(22)19-11(8(4)20)14(23)17-7(3)15(24)25/h6-11,20,26H,5,16H2,1-4H3,(H,17,23)(H,18,21)(H,19,22)(H,24,25). The Hall–Kier alpha value is -1.85. The monoisotopic (exact) mass is 392 g/mol. The molecular weight excluding hydrogens is 364 g/mol. The molecule has 5 atom stereocenters. The molecule has 0 aliphatic heterocycles. The zero-order valence-electron chi connectivity index (χ0n) is 15.2. The molecule has 150 valence electrons. The van der Waals surface area contributed by atoms with Crippen LogP contribution in [0, 0.1) is 5.92 Å². The lowest BCUT2D eigenvalue weighted by Crippen LogP contribution is -2.60. The van der Waals surface area contributed by atoms with Gasteiger partial charge in [-0.25, -0.2) is 0 Å². The van der Waals surface area contributed by atoms with Crippen molar-refractivity contribution in [2.24, 2.45) is 11.7 Å². The molecule has 7 N–H and O–H groups in total. The molecule has 0 radical (unpaired) electrons. The fourth-order valence-corrected chi connectivity index (χ4v) is 2.06. The number of nitrogens with two attached hydrogens (primary N) is 1. The predicted octanol–water partition coefficient (Wildman–Crippen LogP) is -2.16. The van der Waals surface area contributed by atoms with Crippen molar-refractivity contribution in [2.45, 2.75) is 58.0 Å². The molecule has 0 heterocycles. The summed E-state index contributed by atoms with van der Waals surface area (Å²) < 4.78 is 0. The Balaban J connectivity index is 5.17. The molecule has 0 spiro atoms. The van der Waals surface area contributed by atoms with Crippen molar-refractivity contribution < 1.29 is 29.4 Å². The third kappa shape index (κ3) is 7.58. The average Bonchev–Trinajstić information content (AvgIpc) is 2.55. The number of carbonyl (C=O) groups is 4. The fourth-order valence-electron chi connectivity index (χ4n) is 1.89. The van der Waals surface area contributed by atoms with Crippen LogP contribution in [-0.4, -0.2) is 69.9 Å². The number of hydrogen-bond acceptors (Lipinski definition) is 7. The Bertz CT molecular complexity index is 528. The Labute approximate surface area is 157 Å². The van der Waals surface area contributed by atoms with E-state index >= 15 is 0 Å². The first-order valence-electron chi connectivity index (χ1n) is 8.10. The minimum atomic E-state index is -1.39. The first-order valence-corrected chi connectivity index (χ1v) is 8.74. The van der Waals surface area contributed by atoms with Gasteiger partial charge < -0.3 is 31.9 Å². The van der Waals surface area contributed by atoms with Gasteiger partial charge in [-0.15, -0.1) is 0 Å². The van der Waals surface area contributed by atoms with Gasteiger partial charge in [-0.1, -0.05) is 13.8 Å². The number of aliphatic hydroxyl groups is 1. The second-order valence-corrected chi connectivity index (χ2v) is 6.68. The van der Waals surface area contributed by atoms with E-state index in [1.165, 1.54) is 13.8 Å². The first kappa shape index (κ1) is 24.1. The predicted molar refractivity (Wildman–Crippen MR) is 97.4 cm³/mol. The van der Waals surface area contributed by atoms with Gasteiger partial charge >= 0.3 is 5.97 Å². The largest absolute Gasteiger partial charge is 0.480 e. The molecule has 3 amide bonds. The van der Waals surface area contributed by atoms with Gasteiger partial charge in [0, 0.05) is 5.75 Å². The molecular formula is C15H28N4O6S. The van der Waals surface area contributed by atoms with Crippen LogP contribution in [0.15, 0.2) is 0 Å².